The lowest BCUT2D eigenvalue weighted by Crippen LogP contribution is -2.16. The predicted molar refractivity (Wildman–Crippen MR) is 107 cm³/mol. The molecule has 0 atom stereocenters. The summed E-state index contributed by atoms with van der Waals surface area (Å²) < 4.78 is 5.36. The summed E-state index contributed by atoms with van der Waals surface area (Å²) in [5, 5.41) is 8.47. The molecule has 4 rings (SSSR count). The SMILES string of the molecule is CCc1ccc(Cl)c(CC)c1NC(=O)c1cc(C2CC2)nc2onc(C)c12. The summed E-state index contributed by atoms with van der Waals surface area (Å²) in [5.41, 5.74) is 5.40. The van der Waals surface area contributed by atoms with Crippen molar-refractivity contribution in [1.82, 2.24) is 10.1 Å². The van der Waals surface area contributed by atoms with Gasteiger partial charge in [0.05, 0.1) is 16.6 Å². The number of carbonyl (C=O) groups is 1. The predicted octanol–water partition coefficient (Wildman–Crippen LogP) is 5.44. The first kappa shape index (κ1) is 18.0. The van der Waals surface area contributed by atoms with Crippen molar-refractivity contribution >= 4 is 34.3 Å². The quantitative estimate of drug-likeness (QED) is 0.637. The van der Waals surface area contributed by atoms with Crippen LogP contribution in [0.5, 0.6) is 0 Å². The molecule has 1 fully saturated rings. The van der Waals surface area contributed by atoms with Crippen molar-refractivity contribution in [3.8, 4) is 0 Å². The number of halogens is 1. The highest BCUT2D eigenvalue weighted by atomic mass is 35.5. The molecular weight excluding hydrogens is 362 g/mol. The fourth-order valence-corrected chi connectivity index (χ4v) is 3.82. The van der Waals surface area contributed by atoms with Crippen LogP contribution in [0.15, 0.2) is 22.7 Å². The van der Waals surface area contributed by atoms with Crippen LogP contribution in [0, 0.1) is 6.92 Å². The number of hydrogen-bond donors (Lipinski definition) is 1. The van der Waals surface area contributed by atoms with E-state index in [1.54, 1.807) is 0 Å². The Morgan fingerprint density at radius 1 is 1.30 bits per heavy atom. The van der Waals surface area contributed by atoms with Crippen molar-refractivity contribution in [3.05, 3.63) is 51.3 Å². The van der Waals surface area contributed by atoms with Crippen LogP contribution in [0.25, 0.3) is 11.1 Å². The summed E-state index contributed by atoms with van der Waals surface area (Å²) in [4.78, 5) is 17.8. The zero-order valence-corrected chi connectivity index (χ0v) is 16.5. The van der Waals surface area contributed by atoms with Crippen LogP contribution in [-0.4, -0.2) is 16.0 Å². The Labute approximate surface area is 163 Å². The summed E-state index contributed by atoms with van der Waals surface area (Å²) in [5.74, 6) is 0.234. The van der Waals surface area contributed by atoms with Crippen LogP contribution in [0.2, 0.25) is 5.02 Å². The van der Waals surface area contributed by atoms with Crippen molar-refractivity contribution in [2.45, 2.75) is 52.4 Å². The normalized spacial score (nSPS) is 13.9. The number of hydrogen-bond acceptors (Lipinski definition) is 4. The molecule has 2 aromatic heterocycles. The maximum atomic E-state index is 13.3. The van der Waals surface area contributed by atoms with Crippen LogP contribution in [0.3, 0.4) is 0 Å². The van der Waals surface area contributed by atoms with Gasteiger partial charge >= 0.3 is 0 Å². The average Bonchev–Trinajstić information content (AvgIpc) is 3.45. The Morgan fingerprint density at radius 2 is 2.07 bits per heavy atom. The van der Waals surface area contributed by atoms with E-state index >= 15 is 0 Å². The Kier molecular flexibility index (Phi) is 4.64. The minimum atomic E-state index is -0.178. The molecule has 0 spiro atoms. The molecule has 0 bridgehead atoms. The number of aryl methyl sites for hydroxylation is 2. The number of pyridine rings is 1. The Hall–Kier alpha value is -2.40. The molecule has 140 valence electrons. The Balaban J connectivity index is 1.80. The third-order valence-corrected chi connectivity index (χ3v) is 5.55. The second-order valence-corrected chi connectivity index (χ2v) is 7.45. The maximum absolute atomic E-state index is 13.3. The third-order valence-electron chi connectivity index (χ3n) is 5.19. The number of nitrogens with one attached hydrogen (secondary N) is 1. The van der Waals surface area contributed by atoms with Gasteiger partial charge in [-0.25, -0.2) is 4.98 Å². The summed E-state index contributed by atoms with van der Waals surface area (Å²) in [6.45, 7) is 5.93. The lowest BCUT2D eigenvalue weighted by Gasteiger charge is -2.16. The number of fused-ring (bicyclic) bond motifs is 1. The molecule has 1 N–H and O–H groups in total. The molecule has 27 heavy (non-hydrogen) atoms. The van der Waals surface area contributed by atoms with Crippen LogP contribution in [0.1, 0.15) is 65.5 Å². The van der Waals surface area contributed by atoms with E-state index in [4.69, 9.17) is 16.1 Å². The lowest BCUT2D eigenvalue weighted by molar-refractivity contribution is 0.102. The van der Waals surface area contributed by atoms with Crippen LogP contribution in [0.4, 0.5) is 5.69 Å². The van der Waals surface area contributed by atoms with Crippen molar-refractivity contribution in [3.63, 3.8) is 0 Å². The van der Waals surface area contributed by atoms with Gasteiger partial charge in [-0.2, -0.15) is 0 Å². The molecule has 0 unspecified atom stereocenters. The van der Waals surface area contributed by atoms with E-state index in [9.17, 15) is 4.79 Å². The average molecular weight is 384 g/mol. The van der Waals surface area contributed by atoms with Gasteiger partial charge in [0, 0.05) is 22.3 Å². The molecule has 0 aliphatic heterocycles. The zero-order chi connectivity index (χ0) is 19.1. The zero-order valence-electron chi connectivity index (χ0n) is 15.7. The fraction of sp³-hybridized carbons (Fsp3) is 0.381. The van der Waals surface area contributed by atoms with E-state index in [0.29, 0.717) is 33.3 Å². The second kappa shape index (κ2) is 6.97. The first-order valence-corrected chi connectivity index (χ1v) is 9.79. The third kappa shape index (κ3) is 3.21. The first-order valence-electron chi connectivity index (χ1n) is 9.42. The molecule has 5 nitrogen and oxygen atoms in total. The number of rotatable bonds is 5. The highest BCUT2D eigenvalue weighted by Crippen LogP contribution is 2.40. The number of nitrogens with zero attached hydrogens (tertiary/aromatic N) is 2. The molecule has 6 heteroatoms. The summed E-state index contributed by atoms with van der Waals surface area (Å²) >= 11 is 6.38. The fourth-order valence-electron chi connectivity index (χ4n) is 3.53. The van der Waals surface area contributed by atoms with E-state index < -0.39 is 0 Å². The van der Waals surface area contributed by atoms with E-state index in [2.05, 4.69) is 22.4 Å². The topological polar surface area (TPSA) is 68.0 Å². The molecule has 1 amide bonds. The second-order valence-electron chi connectivity index (χ2n) is 7.04. The van der Waals surface area contributed by atoms with Gasteiger partial charge in [-0.3, -0.25) is 4.79 Å². The van der Waals surface area contributed by atoms with Gasteiger partial charge < -0.3 is 9.84 Å². The summed E-state index contributed by atoms with van der Waals surface area (Å²) in [7, 11) is 0. The smallest absolute Gasteiger partial charge is 0.259 e. The molecule has 1 aliphatic rings. The van der Waals surface area contributed by atoms with Crippen LogP contribution >= 0.6 is 11.6 Å². The van der Waals surface area contributed by atoms with E-state index in [1.807, 2.05) is 32.0 Å². The van der Waals surface area contributed by atoms with E-state index in [-0.39, 0.29) is 5.91 Å². The number of aromatic nitrogens is 2. The van der Waals surface area contributed by atoms with Gasteiger partial charge in [0.2, 0.25) is 0 Å². The molecule has 2 heterocycles. The van der Waals surface area contributed by atoms with Crippen LogP contribution < -0.4 is 5.32 Å². The van der Waals surface area contributed by atoms with E-state index in [1.165, 1.54) is 0 Å². The first-order chi connectivity index (χ1) is 13.0. The van der Waals surface area contributed by atoms with Gasteiger partial charge in [-0.15, -0.1) is 0 Å². The summed E-state index contributed by atoms with van der Waals surface area (Å²) in [6.07, 6.45) is 3.75. The van der Waals surface area contributed by atoms with Crippen molar-refractivity contribution in [2.24, 2.45) is 0 Å². The Morgan fingerprint density at radius 3 is 2.74 bits per heavy atom. The Bertz CT molecular complexity index is 1040. The number of benzene rings is 1. The highest BCUT2D eigenvalue weighted by Gasteiger charge is 2.29. The molecule has 1 aliphatic carbocycles. The molecule has 3 aromatic rings. The van der Waals surface area contributed by atoms with Crippen molar-refractivity contribution < 1.29 is 9.32 Å². The number of amides is 1. The minimum absolute atomic E-state index is 0.178. The molecule has 0 saturated heterocycles. The number of anilines is 1. The van der Waals surface area contributed by atoms with Gasteiger partial charge in [0.1, 0.15) is 0 Å². The van der Waals surface area contributed by atoms with E-state index in [0.717, 1.165) is 48.2 Å². The monoisotopic (exact) mass is 383 g/mol. The molecule has 0 radical (unpaired) electrons. The van der Waals surface area contributed by atoms with Gasteiger partial charge in [-0.1, -0.05) is 36.7 Å². The summed E-state index contributed by atoms with van der Waals surface area (Å²) in [6, 6.07) is 5.76. The van der Waals surface area contributed by atoms with Gasteiger partial charge in [0.25, 0.3) is 11.6 Å². The van der Waals surface area contributed by atoms with Crippen molar-refractivity contribution in [1.29, 1.82) is 0 Å². The van der Waals surface area contributed by atoms with Gasteiger partial charge in [0.15, 0.2) is 0 Å². The molecular formula is C21H22ClN3O2. The minimum Gasteiger partial charge on any atom is -0.336 e. The lowest BCUT2D eigenvalue weighted by atomic mass is 10.0. The standard InChI is InChI=1S/C21H22ClN3O2/c1-4-12-8-9-16(22)14(5-2)19(12)24-20(26)15-10-17(13-6-7-13)23-21-18(15)11(3)25-27-21/h8-10,13H,4-7H2,1-3H3,(H,24,26). The highest BCUT2D eigenvalue weighted by molar-refractivity contribution is 6.32. The maximum Gasteiger partial charge on any atom is 0.259 e. The molecule has 1 aromatic carbocycles. The molecule has 1 saturated carbocycles. The van der Waals surface area contributed by atoms with Crippen molar-refractivity contribution in [2.75, 3.05) is 5.32 Å². The largest absolute Gasteiger partial charge is 0.336 e. The number of carbonyl (C=O) groups excluding carboxylic acids is 1. The van der Waals surface area contributed by atoms with Crippen LogP contribution in [-0.2, 0) is 12.8 Å². The van der Waals surface area contributed by atoms with Gasteiger partial charge in [-0.05, 0) is 55.9 Å².